The molecule has 4 rings (SSSR count). The van der Waals surface area contributed by atoms with E-state index in [0.717, 1.165) is 39.8 Å². The van der Waals surface area contributed by atoms with Crippen LogP contribution < -0.4 is 0 Å². The zero-order valence-corrected chi connectivity index (χ0v) is 15.6. The molecule has 0 aliphatic heterocycles. The summed E-state index contributed by atoms with van der Waals surface area (Å²) in [7, 11) is 0. The molecular weight excluding hydrogens is 371 g/mol. The molecule has 1 amide bonds. The molecule has 1 fully saturated rings. The molecule has 1 aliphatic rings. The smallest absolute Gasteiger partial charge is 0.327 e. The molecule has 1 aromatic carbocycles. The van der Waals surface area contributed by atoms with Gasteiger partial charge in [-0.05, 0) is 54.8 Å². The van der Waals surface area contributed by atoms with Crippen LogP contribution >= 0.6 is 0 Å². The third-order valence-electron chi connectivity index (χ3n) is 5.38. The minimum Gasteiger partial charge on any atom is -0.327 e. The van der Waals surface area contributed by atoms with Crippen LogP contribution in [0.3, 0.4) is 0 Å². The molecule has 2 heterocycles. The molecule has 148 valence electrons. The molecular formula is C19H20F3N5O. The number of hydrogen-bond acceptors (Lipinski definition) is 4. The van der Waals surface area contributed by atoms with Gasteiger partial charge in [0.2, 0.25) is 0 Å². The van der Waals surface area contributed by atoms with Crippen molar-refractivity contribution in [3.05, 3.63) is 34.9 Å². The van der Waals surface area contributed by atoms with Crippen molar-refractivity contribution in [2.24, 2.45) is 0 Å². The maximum atomic E-state index is 13.2. The fourth-order valence-corrected chi connectivity index (χ4v) is 4.23. The predicted molar refractivity (Wildman–Crippen MR) is 96.6 cm³/mol. The van der Waals surface area contributed by atoms with Crippen LogP contribution in [-0.2, 0) is 11.3 Å². The molecule has 0 N–H and O–H groups in total. The second-order valence-corrected chi connectivity index (χ2v) is 7.47. The van der Waals surface area contributed by atoms with Gasteiger partial charge in [0.15, 0.2) is 5.65 Å². The van der Waals surface area contributed by atoms with E-state index in [1.54, 1.807) is 10.6 Å². The number of fused-ring (bicyclic) bond motifs is 3. The highest BCUT2D eigenvalue weighted by atomic mass is 19.4. The Balaban J connectivity index is 1.84. The molecule has 0 saturated heterocycles. The van der Waals surface area contributed by atoms with Crippen molar-refractivity contribution in [3.8, 4) is 0 Å². The summed E-state index contributed by atoms with van der Waals surface area (Å²) in [4.78, 5) is 13.1. The molecule has 1 saturated carbocycles. The molecule has 0 spiro atoms. The predicted octanol–water partition coefficient (Wildman–Crippen LogP) is 3.73. The molecule has 6 nitrogen and oxygen atoms in total. The Bertz CT molecular complexity index is 1050. The zero-order valence-electron chi connectivity index (χ0n) is 15.6. The number of pyridine rings is 1. The lowest BCUT2D eigenvalue weighted by atomic mass is 10.0. The van der Waals surface area contributed by atoms with Crippen molar-refractivity contribution in [1.82, 2.24) is 24.9 Å². The summed E-state index contributed by atoms with van der Waals surface area (Å²) in [5, 5.41) is 12.6. The number of aromatic nitrogens is 4. The third-order valence-corrected chi connectivity index (χ3v) is 5.38. The average molecular weight is 391 g/mol. The van der Waals surface area contributed by atoms with Crippen LogP contribution in [0.2, 0.25) is 0 Å². The van der Waals surface area contributed by atoms with Crippen molar-refractivity contribution in [2.75, 3.05) is 0 Å². The molecule has 0 radical (unpaired) electrons. The van der Waals surface area contributed by atoms with Gasteiger partial charge in [0.25, 0.3) is 0 Å². The molecule has 3 aromatic rings. The van der Waals surface area contributed by atoms with Crippen LogP contribution in [0.5, 0.6) is 0 Å². The van der Waals surface area contributed by atoms with E-state index >= 15 is 0 Å². The molecule has 0 unspecified atom stereocenters. The SMILES string of the molecule is Cc1cc(C)c2c(c1)cc(CN(C(=O)C(F)(F)F)C1CCCC1)c1nnnn12. The standard InChI is InChI=1S/C19H20F3N5O/c1-11-7-12(2)16-13(8-11)9-14(17-23-24-25-27(16)17)10-26(15-5-3-4-6-15)18(28)19(20,21)22/h7-9,15H,3-6,10H2,1-2H3. The van der Waals surface area contributed by atoms with Crippen molar-refractivity contribution >= 4 is 22.5 Å². The summed E-state index contributed by atoms with van der Waals surface area (Å²) in [5.74, 6) is -1.80. The van der Waals surface area contributed by atoms with E-state index in [9.17, 15) is 18.0 Å². The second-order valence-electron chi connectivity index (χ2n) is 7.47. The number of halogens is 3. The second kappa shape index (κ2) is 6.72. The summed E-state index contributed by atoms with van der Waals surface area (Å²) in [6.45, 7) is 3.72. The number of benzene rings is 1. The first-order valence-electron chi connectivity index (χ1n) is 9.24. The maximum Gasteiger partial charge on any atom is 0.471 e. The van der Waals surface area contributed by atoms with Gasteiger partial charge in [0.05, 0.1) is 12.1 Å². The summed E-state index contributed by atoms with van der Waals surface area (Å²) in [5.41, 5.74) is 3.69. The van der Waals surface area contributed by atoms with Crippen LogP contribution in [0.25, 0.3) is 16.6 Å². The van der Waals surface area contributed by atoms with E-state index in [2.05, 4.69) is 15.5 Å². The van der Waals surface area contributed by atoms with E-state index in [0.29, 0.717) is 24.1 Å². The van der Waals surface area contributed by atoms with Gasteiger partial charge in [-0.2, -0.15) is 17.7 Å². The zero-order chi connectivity index (χ0) is 20.1. The summed E-state index contributed by atoms with van der Waals surface area (Å²) < 4.78 is 41.2. The number of carbonyl (C=O) groups is 1. The van der Waals surface area contributed by atoms with Crippen LogP contribution in [-0.4, -0.2) is 43.1 Å². The van der Waals surface area contributed by atoms with Gasteiger partial charge in [-0.1, -0.05) is 24.5 Å². The van der Waals surface area contributed by atoms with Crippen molar-refractivity contribution in [3.63, 3.8) is 0 Å². The van der Waals surface area contributed by atoms with Crippen LogP contribution in [0, 0.1) is 13.8 Å². The Kier molecular flexibility index (Phi) is 4.47. The van der Waals surface area contributed by atoms with Gasteiger partial charge in [-0.15, -0.1) is 5.10 Å². The van der Waals surface area contributed by atoms with Gasteiger partial charge >= 0.3 is 12.1 Å². The number of tetrazole rings is 1. The number of aryl methyl sites for hydroxylation is 2. The van der Waals surface area contributed by atoms with Crippen molar-refractivity contribution in [1.29, 1.82) is 0 Å². The Morgan fingerprint density at radius 2 is 1.93 bits per heavy atom. The number of alkyl halides is 3. The molecule has 2 aromatic heterocycles. The normalized spacial score (nSPS) is 15.6. The first-order valence-corrected chi connectivity index (χ1v) is 9.24. The minimum atomic E-state index is -4.91. The fourth-order valence-electron chi connectivity index (χ4n) is 4.23. The number of amides is 1. The maximum absolute atomic E-state index is 13.2. The molecule has 0 bridgehead atoms. The van der Waals surface area contributed by atoms with E-state index < -0.39 is 18.1 Å². The van der Waals surface area contributed by atoms with Crippen LogP contribution in [0.4, 0.5) is 13.2 Å². The quantitative estimate of drug-likeness (QED) is 0.683. The average Bonchev–Trinajstić information content (AvgIpc) is 3.29. The van der Waals surface area contributed by atoms with Crippen molar-refractivity contribution < 1.29 is 18.0 Å². The summed E-state index contributed by atoms with van der Waals surface area (Å²) in [6, 6.07) is 5.33. The molecule has 1 aliphatic carbocycles. The lowest BCUT2D eigenvalue weighted by Gasteiger charge is -2.30. The first-order chi connectivity index (χ1) is 13.3. The lowest BCUT2D eigenvalue weighted by Crippen LogP contribution is -2.45. The summed E-state index contributed by atoms with van der Waals surface area (Å²) in [6.07, 6.45) is -2.10. The third kappa shape index (κ3) is 3.18. The molecule has 0 atom stereocenters. The topological polar surface area (TPSA) is 63.4 Å². The van der Waals surface area contributed by atoms with E-state index in [1.165, 1.54) is 0 Å². The monoisotopic (exact) mass is 391 g/mol. The largest absolute Gasteiger partial charge is 0.471 e. The van der Waals surface area contributed by atoms with Crippen molar-refractivity contribution in [2.45, 2.75) is 58.3 Å². The van der Waals surface area contributed by atoms with E-state index in [4.69, 9.17) is 0 Å². The molecule has 9 heteroatoms. The van der Waals surface area contributed by atoms with Crippen LogP contribution in [0.1, 0.15) is 42.4 Å². The van der Waals surface area contributed by atoms with E-state index in [-0.39, 0.29) is 6.54 Å². The van der Waals surface area contributed by atoms with E-state index in [1.807, 2.05) is 26.0 Å². The van der Waals surface area contributed by atoms with Crippen LogP contribution in [0.15, 0.2) is 18.2 Å². The number of hydrogen-bond donors (Lipinski definition) is 0. The number of carbonyl (C=O) groups excluding carboxylic acids is 1. The van der Waals surface area contributed by atoms with Gasteiger partial charge < -0.3 is 4.90 Å². The lowest BCUT2D eigenvalue weighted by molar-refractivity contribution is -0.188. The Morgan fingerprint density at radius 1 is 1.21 bits per heavy atom. The molecule has 28 heavy (non-hydrogen) atoms. The summed E-state index contributed by atoms with van der Waals surface area (Å²) >= 11 is 0. The number of rotatable bonds is 3. The minimum absolute atomic E-state index is 0.171. The number of nitrogens with zero attached hydrogens (tertiary/aromatic N) is 5. The highest BCUT2D eigenvalue weighted by molar-refractivity contribution is 5.87. The fraction of sp³-hybridized carbons (Fsp3) is 0.474. The van der Waals surface area contributed by atoms with Gasteiger partial charge in [0.1, 0.15) is 0 Å². The Labute approximate surface area is 159 Å². The van der Waals surface area contributed by atoms with Gasteiger partial charge in [-0.25, -0.2) is 0 Å². The highest BCUT2D eigenvalue weighted by Crippen LogP contribution is 2.31. The Morgan fingerprint density at radius 3 is 2.61 bits per heavy atom. The first kappa shape index (κ1) is 18.6. The highest BCUT2D eigenvalue weighted by Gasteiger charge is 2.45. The Hall–Kier alpha value is -2.71. The van der Waals surface area contributed by atoms with Gasteiger partial charge in [-0.3, -0.25) is 4.79 Å². The van der Waals surface area contributed by atoms with Gasteiger partial charge in [0, 0.05) is 17.0 Å².